The SMILES string of the molecule is CS(=O)(=O)N(CC(=O)Nc1ccccc1-c1ccccc1)c1ccccc1Cl. The minimum atomic E-state index is -3.70. The highest BCUT2D eigenvalue weighted by Crippen LogP contribution is 2.29. The van der Waals surface area contributed by atoms with E-state index in [-0.39, 0.29) is 17.3 Å². The standard InChI is InChI=1S/C21H19ClN2O3S/c1-28(26,27)24(20-14-8-6-12-18(20)22)15-21(25)23-19-13-7-5-11-17(19)16-9-3-2-4-10-16/h2-14H,15H2,1H3,(H,23,25). The Bertz CT molecular complexity index is 1090. The second kappa shape index (κ2) is 8.46. The number of amides is 1. The number of carbonyl (C=O) groups is 1. The van der Waals surface area contributed by atoms with E-state index in [2.05, 4.69) is 5.32 Å². The van der Waals surface area contributed by atoms with E-state index in [9.17, 15) is 13.2 Å². The van der Waals surface area contributed by atoms with Gasteiger partial charge >= 0.3 is 0 Å². The Kier molecular flexibility index (Phi) is 6.02. The second-order valence-corrected chi connectivity index (χ2v) is 8.49. The molecule has 0 aliphatic heterocycles. The van der Waals surface area contributed by atoms with Gasteiger partial charge in [0.2, 0.25) is 15.9 Å². The summed E-state index contributed by atoms with van der Waals surface area (Å²) in [6.45, 7) is -0.383. The van der Waals surface area contributed by atoms with Gasteiger partial charge in [0.15, 0.2) is 0 Å². The summed E-state index contributed by atoms with van der Waals surface area (Å²) in [4.78, 5) is 12.7. The summed E-state index contributed by atoms with van der Waals surface area (Å²) >= 11 is 6.14. The lowest BCUT2D eigenvalue weighted by Crippen LogP contribution is -2.37. The molecule has 0 saturated carbocycles. The van der Waals surface area contributed by atoms with Crippen molar-refractivity contribution in [2.75, 3.05) is 22.4 Å². The van der Waals surface area contributed by atoms with Crippen molar-refractivity contribution < 1.29 is 13.2 Å². The van der Waals surface area contributed by atoms with E-state index in [4.69, 9.17) is 11.6 Å². The Balaban J connectivity index is 1.87. The van der Waals surface area contributed by atoms with Gasteiger partial charge in [-0.2, -0.15) is 0 Å². The molecule has 3 aromatic rings. The van der Waals surface area contributed by atoms with Gasteiger partial charge in [-0.3, -0.25) is 9.10 Å². The van der Waals surface area contributed by atoms with Crippen LogP contribution in [0.2, 0.25) is 5.02 Å². The number of anilines is 2. The van der Waals surface area contributed by atoms with Gasteiger partial charge in [0.1, 0.15) is 6.54 Å². The van der Waals surface area contributed by atoms with E-state index in [0.29, 0.717) is 5.69 Å². The number of hydrogen-bond acceptors (Lipinski definition) is 3. The maximum atomic E-state index is 12.7. The molecule has 0 saturated heterocycles. The van der Waals surface area contributed by atoms with E-state index in [1.54, 1.807) is 30.3 Å². The van der Waals surface area contributed by atoms with E-state index in [1.807, 2.05) is 48.5 Å². The van der Waals surface area contributed by atoms with Crippen molar-refractivity contribution in [3.05, 3.63) is 83.9 Å². The molecule has 0 bridgehead atoms. The van der Waals surface area contributed by atoms with E-state index in [1.165, 1.54) is 0 Å². The molecule has 0 atom stereocenters. The molecule has 0 aliphatic rings. The van der Waals surface area contributed by atoms with Crippen molar-refractivity contribution in [1.29, 1.82) is 0 Å². The molecular formula is C21H19ClN2O3S. The average molecular weight is 415 g/mol. The lowest BCUT2D eigenvalue weighted by Gasteiger charge is -2.23. The highest BCUT2D eigenvalue weighted by Gasteiger charge is 2.23. The summed E-state index contributed by atoms with van der Waals surface area (Å²) in [6.07, 6.45) is 1.04. The second-order valence-electron chi connectivity index (χ2n) is 6.18. The van der Waals surface area contributed by atoms with Crippen molar-refractivity contribution >= 4 is 38.9 Å². The van der Waals surface area contributed by atoms with Crippen molar-refractivity contribution in [3.63, 3.8) is 0 Å². The van der Waals surface area contributed by atoms with Crippen molar-refractivity contribution in [3.8, 4) is 11.1 Å². The van der Waals surface area contributed by atoms with Crippen LogP contribution in [0.3, 0.4) is 0 Å². The maximum Gasteiger partial charge on any atom is 0.245 e. The van der Waals surface area contributed by atoms with Gasteiger partial charge in [-0.05, 0) is 23.8 Å². The lowest BCUT2D eigenvalue weighted by molar-refractivity contribution is -0.114. The fourth-order valence-electron chi connectivity index (χ4n) is 2.82. The molecule has 3 rings (SSSR count). The third kappa shape index (κ3) is 4.71. The van der Waals surface area contributed by atoms with Crippen LogP contribution in [0, 0.1) is 0 Å². The van der Waals surface area contributed by atoms with Crippen LogP contribution in [0.1, 0.15) is 0 Å². The van der Waals surface area contributed by atoms with Gasteiger partial charge < -0.3 is 5.32 Å². The summed E-state index contributed by atoms with van der Waals surface area (Å²) in [5.74, 6) is -0.464. The summed E-state index contributed by atoms with van der Waals surface area (Å²) in [6, 6.07) is 23.5. The number of halogens is 1. The molecule has 0 aliphatic carbocycles. The van der Waals surface area contributed by atoms with Crippen LogP contribution in [0.5, 0.6) is 0 Å². The number of carbonyl (C=O) groups excluding carboxylic acids is 1. The Morgan fingerprint density at radius 3 is 2.21 bits per heavy atom. The van der Waals surface area contributed by atoms with Crippen LogP contribution < -0.4 is 9.62 Å². The summed E-state index contributed by atoms with van der Waals surface area (Å²) < 4.78 is 25.5. The van der Waals surface area contributed by atoms with Crippen LogP contribution in [0.4, 0.5) is 11.4 Å². The first-order valence-electron chi connectivity index (χ1n) is 8.53. The Morgan fingerprint density at radius 2 is 1.54 bits per heavy atom. The average Bonchev–Trinajstić information content (AvgIpc) is 2.67. The molecule has 0 aromatic heterocycles. The Labute approximate surface area is 169 Å². The molecule has 144 valence electrons. The lowest BCUT2D eigenvalue weighted by atomic mass is 10.0. The van der Waals surface area contributed by atoms with E-state index in [0.717, 1.165) is 21.7 Å². The molecule has 0 fully saturated rings. The Hall–Kier alpha value is -2.83. The topological polar surface area (TPSA) is 66.5 Å². The molecule has 0 spiro atoms. The van der Waals surface area contributed by atoms with Crippen LogP contribution in [0.15, 0.2) is 78.9 Å². The molecule has 1 N–H and O–H groups in total. The third-order valence-corrected chi connectivity index (χ3v) is 5.54. The maximum absolute atomic E-state index is 12.7. The zero-order chi connectivity index (χ0) is 20.1. The van der Waals surface area contributed by atoms with E-state index < -0.39 is 15.9 Å². The molecular weight excluding hydrogens is 396 g/mol. The fourth-order valence-corrected chi connectivity index (χ4v) is 3.97. The monoisotopic (exact) mass is 414 g/mol. The predicted octanol–water partition coefficient (Wildman–Crippen LogP) is 4.41. The minimum Gasteiger partial charge on any atom is -0.324 e. The van der Waals surface area contributed by atoms with Crippen LogP contribution in [0.25, 0.3) is 11.1 Å². The first kappa shape index (κ1) is 19.9. The first-order chi connectivity index (χ1) is 13.4. The van der Waals surface area contributed by atoms with Crippen molar-refractivity contribution in [2.24, 2.45) is 0 Å². The van der Waals surface area contributed by atoms with Gasteiger partial charge in [0.25, 0.3) is 0 Å². The number of benzene rings is 3. The largest absolute Gasteiger partial charge is 0.324 e. The van der Waals surface area contributed by atoms with Gasteiger partial charge in [0.05, 0.1) is 17.0 Å². The van der Waals surface area contributed by atoms with Gasteiger partial charge in [-0.15, -0.1) is 0 Å². The number of nitrogens with zero attached hydrogens (tertiary/aromatic N) is 1. The molecule has 28 heavy (non-hydrogen) atoms. The summed E-state index contributed by atoms with van der Waals surface area (Å²) in [5.41, 5.74) is 2.66. The molecule has 7 heteroatoms. The number of nitrogens with one attached hydrogen (secondary N) is 1. The Morgan fingerprint density at radius 1 is 0.929 bits per heavy atom. The summed E-state index contributed by atoms with van der Waals surface area (Å²) in [7, 11) is -3.70. The van der Waals surface area contributed by atoms with Gasteiger partial charge in [-0.25, -0.2) is 8.42 Å². The van der Waals surface area contributed by atoms with E-state index >= 15 is 0 Å². The van der Waals surface area contributed by atoms with Crippen molar-refractivity contribution in [1.82, 2.24) is 0 Å². The normalized spacial score (nSPS) is 11.1. The minimum absolute atomic E-state index is 0.255. The molecule has 0 radical (unpaired) electrons. The number of sulfonamides is 1. The first-order valence-corrected chi connectivity index (χ1v) is 10.8. The molecule has 3 aromatic carbocycles. The molecule has 0 heterocycles. The number of rotatable bonds is 6. The zero-order valence-corrected chi connectivity index (χ0v) is 16.7. The summed E-state index contributed by atoms with van der Waals surface area (Å²) in [5, 5.41) is 3.07. The van der Waals surface area contributed by atoms with Crippen LogP contribution >= 0.6 is 11.6 Å². The quantitative estimate of drug-likeness (QED) is 0.649. The molecule has 0 unspecified atom stereocenters. The smallest absolute Gasteiger partial charge is 0.245 e. The predicted molar refractivity (Wildman–Crippen MR) is 114 cm³/mol. The van der Waals surface area contributed by atoms with Gasteiger partial charge in [-0.1, -0.05) is 72.3 Å². The van der Waals surface area contributed by atoms with Crippen LogP contribution in [-0.4, -0.2) is 27.1 Å². The zero-order valence-electron chi connectivity index (χ0n) is 15.2. The molecule has 5 nitrogen and oxygen atoms in total. The van der Waals surface area contributed by atoms with Crippen molar-refractivity contribution in [2.45, 2.75) is 0 Å². The number of hydrogen-bond donors (Lipinski definition) is 1. The number of para-hydroxylation sites is 2. The third-order valence-electron chi connectivity index (χ3n) is 4.09. The van der Waals surface area contributed by atoms with Crippen LogP contribution in [-0.2, 0) is 14.8 Å². The fraction of sp³-hybridized carbons (Fsp3) is 0.0952. The van der Waals surface area contributed by atoms with Gasteiger partial charge in [0, 0.05) is 11.3 Å². The highest BCUT2D eigenvalue weighted by molar-refractivity contribution is 7.92. The highest BCUT2D eigenvalue weighted by atomic mass is 35.5. The molecule has 1 amide bonds.